The molecular formula is C30H48O6. The van der Waals surface area contributed by atoms with Crippen molar-refractivity contribution < 1.29 is 28.9 Å². The number of aromatic hydroxyl groups is 1. The molecule has 0 aliphatic carbocycles. The smallest absolute Gasteiger partial charge is 0.345 e. The van der Waals surface area contributed by atoms with E-state index in [9.17, 15) is 14.7 Å². The summed E-state index contributed by atoms with van der Waals surface area (Å²) in [5.41, 5.74) is 1.08. The van der Waals surface area contributed by atoms with Gasteiger partial charge in [-0.05, 0) is 54.4 Å². The van der Waals surface area contributed by atoms with E-state index >= 15 is 0 Å². The molecule has 1 N–H and O–H groups in total. The monoisotopic (exact) mass is 504 g/mol. The van der Waals surface area contributed by atoms with Gasteiger partial charge in [-0.2, -0.15) is 0 Å². The average Bonchev–Trinajstić information content (AvgIpc) is 2.87. The van der Waals surface area contributed by atoms with Gasteiger partial charge in [-0.3, -0.25) is 0 Å². The fourth-order valence-corrected chi connectivity index (χ4v) is 4.04. The zero-order valence-electron chi connectivity index (χ0n) is 23.5. The summed E-state index contributed by atoms with van der Waals surface area (Å²) in [6.07, 6.45) is 9.55. The van der Waals surface area contributed by atoms with E-state index in [1.807, 2.05) is 13.8 Å². The van der Waals surface area contributed by atoms with Gasteiger partial charge in [0.2, 0.25) is 0 Å². The van der Waals surface area contributed by atoms with Crippen LogP contribution in [0.2, 0.25) is 0 Å². The van der Waals surface area contributed by atoms with E-state index in [-0.39, 0.29) is 48.0 Å². The lowest BCUT2D eigenvalue weighted by Crippen LogP contribution is -2.23. The van der Waals surface area contributed by atoms with Gasteiger partial charge in [-0.1, -0.05) is 80.1 Å². The van der Waals surface area contributed by atoms with Crippen LogP contribution in [0.25, 0.3) is 6.08 Å². The molecule has 204 valence electrons. The first-order valence-electron chi connectivity index (χ1n) is 13.7. The van der Waals surface area contributed by atoms with E-state index in [0.29, 0.717) is 11.1 Å². The van der Waals surface area contributed by atoms with Crippen molar-refractivity contribution in [3.8, 4) is 11.5 Å². The van der Waals surface area contributed by atoms with Crippen LogP contribution in [0.1, 0.15) is 110 Å². The fraction of sp³-hybridized carbons (Fsp3) is 0.667. The van der Waals surface area contributed by atoms with Crippen LogP contribution in [-0.2, 0) is 19.1 Å². The third-order valence-electron chi connectivity index (χ3n) is 6.71. The normalized spacial score (nSPS) is 12.7. The molecule has 1 aromatic rings. The van der Waals surface area contributed by atoms with Crippen LogP contribution in [-0.4, -0.2) is 37.4 Å². The van der Waals surface area contributed by atoms with Gasteiger partial charge in [0.15, 0.2) is 11.5 Å². The van der Waals surface area contributed by atoms with E-state index in [4.69, 9.17) is 14.2 Å². The maximum Gasteiger partial charge on any atom is 0.345 e. The van der Waals surface area contributed by atoms with Gasteiger partial charge in [0.05, 0.1) is 20.3 Å². The van der Waals surface area contributed by atoms with Crippen LogP contribution < -0.4 is 4.74 Å². The Kier molecular flexibility index (Phi) is 14.9. The minimum absolute atomic E-state index is 0.0161. The predicted octanol–water partition coefficient (Wildman–Crippen LogP) is 7.43. The molecule has 0 heterocycles. The molecule has 0 aliphatic rings. The highest BCUT2D eigenvalue weighted by molar-refractivity contribution is 6.17. The first-order chi connectivity index (χ1) is 17.2. The molecule has 0 aliphatic heterocycles. The Morgan fingerprint density at radius 1 is 0.889 bits per heavy atom. The van der Waals surface area contributed by atoms with Crippen molar-refractivity contribution in [2.24, 2.45) is 11.8 Å². The van der Waals surface area contributed by atoms with E-state index in [1.54, 1.807) is 12.1 Å². The van der Waals surface area contributed by atoms with Gasteiger partial charge >= 0.3 is 11.9 Å². The quantitative estimate of drug-likeness (QED) is 0.103. The minimum Gasteiger partial charge on any atom is -0.504 e. The van der Waals surface area contributed by atoms with Crippen LogP contribution in [0.15, 0.2) is 17.7 Å². The van der Waals surface area contributed by atoms with Crippen molar-refractivity contribution in [1.29, 1.82) is 0 Å². The highest BCUT2D eigenvalue weighted by atomic mass is 16.6. The SMILES string of the molecule is CCCCC(CC)COC(=O)C(=Cc1cc(OC)c(O)c(C(C)C)c1)C(=O)OCC(CC)CCCC. The number of hydrogen-bond donors (Lipinski definition) is 1. The molecule has 6 heteroatoms. The number of esters is 2. The minimum atomic E-state index is -0.685. The molecule has 0 amide bonds. The van der Waals surface area contributed by atoms with Crippen LogP contribution in [0.5, 0.6) is 11.5 Å². The van der Waals surface area contributed by atoms with Crippen LogP contribution in [0.3, 0.4) is 0 Å². The third kappa shape index (κ3) is 10.2. The molecule has 0 bridgehead atoms. The van der Waals surface area contributed by atoms with Crippen molar-refractivity contribution in [3.05, 3.63) is 28.8 Å². The largest absolute Gasteiger partial charge is 0.504 e. The Balaban J connectivity index is 3.26. The van der Waals surface area contributed by atoms with Gasteiger partial charge in [0, 0.05) is 5.56 Å². The average molecular weight is 505 g/mol. The van der Waals surface area contributed by atoms with Gasteiger partial charge in [-0.25, -0.2) is 9.59 Å². The lowest BCUT2D eigenvalue weighted by molar-refractivity contribution is -0.148. The predicted molar refractivity (Wildman–Crippen MR) is 145 cm³/mol. The summed E-state index contributed by atoms with van der Waals surface area (Å²) in [6, 6.07) is 3.36. The van der Waals surface area contributed by atoms with E-state index < -0.39 is 11.9 Å². The Morgan fingerprint density at radius 3 is 1.78 bits per heavy atom. The van der Waals surface area contributed by atoms with Crippen LogP contribution in [0.4, 0.5) is 0 Å². The van der Waals surface area contributed by atoms with E-state index in [0.717, 1.165) is 51.4 Å². The van der Waals surface area contributed by atoms with Crippen LogP contribution in [0, 0.1) is 11.8 Å². The number of carbonyl (C=O) groups is 2. The van der Waals surface area contributed by atoms with Gasteiger partial charge in [0.1, 0.15) is 5.57 Å². The number of methoxy groups -OCH3 is 1. The summed E-state index contributed by atoms with van der Waals surface area (Å²) in [7, 11) is 1.47. The molecule has 0 aromatic heterocycles. The molecule has 0 radical (unpaired) electrons. The highest BCUT2D eigenvalue weighted by Crippen LogP contribution is 2.36. The number of rotatable bonds is 17. The lowest BCUT2D eigenvalue weighted by Gasteiger charge is -2.17. The lowest BCUT2D eigenvalue weighted by atomic mass is 9.97. The second kappa shape index (κ2) is 17.0. The first kappa shape index (κ1) is 31.5. The zero-order valence-corrected chi connectivity index (χ0v) is 23.5. The number of ether oxygens (including phenoxy) is 3. The maximum absolute atomic E-state index is 13.1. The Morgan fingerprint density at radius 2 is 1.39 bits per heavy atom. The fourth-order valence-electron chi connectivity index (χ4n) is 4.04. The molecule has 1 aromatic carbocycles. The summed E-state index contributed by atoms with van der Waals surface area (Å²) in [4.78, 5) is 26.3. The molecular weight excluding hydrogens is 456 g/mol. The summed E-state index contributed by atoms with van der Waals surface area (Å²) in [5, 5.41) is 10.5. The molecule has 36 heavy (non-hydrogen) atoms. The van der Waals surface area contributed by atoms with Crippen molar-refractivity contribution in [3.63, 3.8) is 0 Å². The molecule has 0 fully saturated rings. The summed E-state index contributed by atoms with van der Waals surface area (Å²) >= 11 is 0. The second-order valence-electron chi connectivity index (χ2n) is 9.90. The van der Waals surface area contributed by atoms with Gasteiger partial charge < -0.3 is 19.3 Å². The van der Waals surface area contributed by atoms with Crippen molar-refractivity contribution >= 4 is 18.0 Å². The zero-order chi connectivity index (χ0) is 27.1. The summed E-state index contributed by atoms with van der Waals surface area (Å²) in [5.74, 6) is -0.506. The van der Waals surface area contributed by atoms with E-state index in [2.05, 4.69) is 27.7 Å². The number of phenols is 1. The number of hydrogen-bond acceptors (Lipinski definition) is 6. The second-order valence-corrected chi connectivity index (χ2v) is 9.90. The van der Waals surface area contributed by atoms with Gasteiger partial charge in [0.25, 0.3) is 0 Å². The number of carbonyl (C=O) groups excluding carboxylic acids is 2. The Hall–Kier alpha value is -2.50. The maximum atomic E-state index is 13.1. The summed E-state index contributed by atoms with van der Waals surface area (Å²) < 4.78 is 16.6. The number of benzene rings is 1. The van der Waals surface area contributed by atoms with Crippen molar-refractivity contribution in [2.45, 2.75) is 98.8 Å². The van der Waals surface area contributed by atoms with Gasteiger partial charge in [-0.15, -0.1) is 0 Å². The topological polar surface area (TPSA) is 82.1 Å². The highest BCUT2D eigenvalue weighted by Gasteiger charge is 2.24. The molecule has 0 saturated carbocycles. The standard InChI is InChI=1S/C30H48O6/c1-8-12-14-22(10-3)19-35-29(32)26(30(33)36-20-23(11-4)15-13-9-2)17-24-16-25(21(5)6)28(31)27(18-24)34-7/h16-18,21-23,31H,8-15,19-20H2,1-7H3. The third-order valence-corrected chi connectivity index (χ3v) is 6.71. The number of unbranched alkanes of at least 4 members (excludes halogenated alkanes) is 2. The van der Waals surface area contributed by atoms with E-state index in [1.165, 1.54) is 13.2 Å². The Bertz CT molecular complexity index is 808. The van der Waals surface area contributed by atoms with Crippen molar-refractivity contribution in [1.82, 2.24) is 0 Å². The first-order valence-corrected chi connectivity index (χ1v) is 13.7. The molecule has 2 atom stereocenters. The molecule has 6 nitrogen and oxygen atoms in total. The molecule has 0 spiro atoms. The molecule has 1 rings (SSSR count). The number of phenolic OH excluding ortho intramolecular Hbond substituents is 1. The molecule has 0 saturated heterocycles. The summed E-state index contributed by atoms with van der Waals surface area (Å²) in [6.45, 7) is 12.9. The van der Waals surface area contributed by atoms with Crippen molar-refractivity contribution in [2.75, 3.05) is 20.3 Å². The molecule has 2 unspecified atom stereocenters. The Labute approximate surface area is 218 Å². The van der Waals surface area contributed by atoms with Crippen LogP contribution >= 0.6 is 0 Å².